The van der Waals surface area contributed by atoms with E-state index in [1.54, 1.807) is 0 Å². The number of carbonyl (C=O) groups is 1. The maximum absolute atomic E-state index is 13.5. The summed E-state index contributed by atoms with van der Waals surface area (Å²) in [7, 11) is 0. The molecule has 2 aromatic carbocycles. The first-order valence-corrected chi connectivity index (χ1v) is 10.3. The zero-order valence-corrected chi connectivity index (χ0v) is 16.2. The third kappa shape index (κ3) is 3.14. The topological polar surface area (TPSA) is 36.0 Å². The van der Waals surface area contributed by atoms with Gasteiger partial charge in [0.2, 0.25) is 5.91 Å². The number of nitrogens with zero attached hydrogens (tertiary/aromatic N) is 3. The Bertz CT molecular complexity index is 835. The van der Waals surface area contributed by atoms with Gasteiger partial charge < -0.3 is 19.4 Å². The minimum Gasteiger partial charge on any atom is -0.378 e. The molecule has 3 aliphatic heterocycles. The summed E-state index contributed by atoms with van der Waals surface area (Å²) in [6, 6.07) is 19.4. The first-order valence-electron chi connectivity index (χ1n) is 10.3. The van der Waals surface area contributed by atoms with E-state index in [0.717, 1.165) is 26.1 Å². The Morgan fingerprint density at radius 3 is 2.46 bits per heavy atom. The first-order chi connectivity index (χ1) is 13.8. The van der Waals surface area contributed by atoms with Gasteiger partial charge in [0.15, 0.2) is 0 Å². The molecule has 2 saturated heterocycles. The summed E-state index contributed by atoms with van der Waals surface area (Å²) in [4.78, 5) is 20.4. The number of hydrogen-bond acceptors (Lipinski definition) is 4. The standard InChI is InChI=1S/C23H27N3O2/c27-23(24-12-14-28-15-13-24)20-16-18-6-4-5-9-21(18)26-11-10-25(17-22(20)26)19-7-2-1-3-8-19/h1-9,20,22H,10-17H2/t20-,22-/m1/s1. The van der Waals surface area contributed by atoms with Gasteiger partial charge in [-0.15, -0.1) is 0 Å². The molecule has 0 aromatic heterocycles. The molecule has 5 rings (SSSR count). The van der Waals surface area contributed by atoms with Crippen molar-refractivity contribution in [3.05, 3.63) is 60.2 Å². The molecule has 0 unspecified atom stereocenters. The van der Waals surface area contributed by atoms with Crippen molar-refractivity contribution >= 4 is 17.3 Å². The van der Waals surface area contributed by atoms with Gasteiger partial charge in [0, 0.05) is 44.1 Å². The number of anilines is 2. The van der Waals surface area contributed by atoms with E-state index in [9.17, 15) is 4.79 Å². The van der Waals surface area contributed by atoms with E-state index in [0.29, 0.717) is 32.2 Å². The van der Waals surface area contributed by atoms with Crippen LogP contribution < -0.4 is 9.80 Å². The van der Waals surface area contributed by atoms with Crippen LogP contribution in [0, 0.1) is 5.92 Å². The molecule has 3 aliphatic rings. The lowest BCUT2D eigenvalue weighted by atomic mass is 9.83. The predicted molar refractivity (Wildman–Crippen MR) is 111 cm³/mol. The Balaban J connectivity index is 1.46. The molecule has 0 N–H and O–H groups in total. The molecule has 2 atom stereocenters. The number of piperazine rings is 1. The van der Waals surface area contributed by atoms with Crippen molar-refractivity contribution in [2.45, 2.75) is 12.5 Å². The van der Waals surface area contributed by atoms with Crippen molar-refractivity contribution in [1.29, 1.82) is 0 Å². The van der Waals surface area contributed by atoms with E-state index in [2.05, 4.69) is 64.4 Å². The smallest absolute Gasteiger partial charge is 0.228 e. The molecule has 0 spiro atoms. The van der Waals surface area contributed by atoms with Gasteiger partial charge in [-0.2, -0.15) is 0 Å². The fourth-order valence-corrected chi connectivity index (χ4v) is 4.93. The van der Waals surface area contributed by atoms with Crippen molar-refractivity contribution in [2.24, 2.45) is 5.92 Å². The second kappa shape index (κ2) is 7.47. The normalized spacial score (nSPS) is 24.5. The van der Waals surface area contributed by atoms with E-state index in [4.69, 9.17) is 4.74 Å². The average Bonchev–Trinajstić information content (AvgIpc) is 2.79. The van der Waals surface area contributed by atoms with Gasteiger partial charge in [-0.25, -0.2) is 0 Å². The van der Waals surface area contributed by atoms with Gasteiger partial charge in [-0.05, 0) is 30.2 Å². The second-order valence-corrected chi connectivity index (χ2v) is 7.92. The summed E-state index contributed by atoms with van der Waals surface area (Å²) >= 11 is 0. The Kier molecular flexibility index (Phi) is 4.69. The molecule has 0 aliphatic carbocycles. The van der Waals surface area contributed by atoms with E-state index in [1.165, 1.54) is 16.9 Å². The summed E-state index contributed by atoms with van der Waals surface area (Å²) in [5, 5.41) is 0. The van der Waals surface area contributed by atoms with Gasteiger partial charge in [0.05, 0.1) is 25.2 Å². The number of benzene rings is 2. The summed E-state index contributed by atoms with van der Waals surface area (Å²) in [5.74, 6) is 0.294. The van der Waals surface area contributed by atoms with Gasteiger partial charge >= 0.3 is 0 Å². The molecule has 5 nitrogen and oxygen atoms in total. The summed E-state index contributed by atoms with van der Waals surface area (Å²) < 4.78 is 5.46. The molecule has 146 valence electrons. The van der Waals surface area contributed by atoms with E-state index >= 15 is 0 Å². The van der Waals surface area contributed by atoms with Crippen LogP contribution in [0.25, 0.3) is 0 Å². The van der Waals surface area contributed by atoms with Crippen molar-refractivity contribution in [2.75, 3.05) is 55.7 Å². The van der Waals surface area contributed by atoms with Gasteiger partial charge in [-0.3, -0.25) is 4.79 Å². The summed E-state index contributed by atoms with van der Waals surface area (Å²) in [6.07, 6.45) is 0.830. The Labute approximate surface area is 166 Å². The van der Waals surface area contributed by atoms with Crippen LogP contribution in [-0.4, -0.2) is 62.8 Å². The molecule has 0 bridgehead atoms. The van der Waals surface area contributed by atoms with E-state index in [1.807, 2.05) is 4.90 Å². The SMILES string of the molecule is O=C([C@@H]1Cc2ccccc2N2CCN(c3ccccc3)C[C@H]12)N1CCOCC1. The fourth-order valence-electron chi connectivity index (χ4n) is 4.93. The first kappa shape index (κ1) is 17.6. The third-order valence-electron chi connectivity index (χ3n) is 6.39. The highest BCUT2D eigenvalue weighted by atomic mass is 16.5. The number of para-hydroxylation sites is 2. The largest absolute Gasteiger partial charge is 0.378 e. The number of carbonyl (C=O) groups excluding carboxylic acids is 1. The maximum atomic E-state index is 13.5. The molecular weight excluding hydrogens is 350 g/mol. The van der Waals surface area contributed by atoms with Crippen molar-refractivity contribution in [1.82, 2.24) is 4.90 Å². The monoisotopic (exact) mass is 377 g/mol. The van der Waals surface area contributed by atoms with Crippen LogP contribution in [0.2, 0.25) is 0 Å². The number of fused-ring (bicyclic) bond motifs is 3. The lowest BCUT2D eigenvalue weighted by molar-refractivity contribution is -0.140. The van der Waals surface area contributed by atoms with Crippen LogP contribution in [0.5, 0.6) is 0 Å². The third-order valence-corrected chi connectivity index (χ3v) is 6.39. The minimum absolute atomic E-state index is 0.000452. The summed E-state index contributed by atoms with van der Waals surface area (Å²) in [5.41, 5.74) is 3.86. The number of rotatable bonds is 2. The van der Waals surface area contributed by atoms with Crippen LogP contribution in [0.15, 0.2) is 54.6 Å². The van der Waals surface area contributed by atoms with E-state index < -0.39 is 0 Å². The molecular formula is C23H27N3O2. The number of hydrogen-bond donors (Lipinski definition) is 0. The summed E-state index contributed by atoms with van der Waals surface area (Å²) in [6.45, 7) is 5.55. The predicted octanol–water partition coefficient (Wildman–Crippen LogP) is 2.41. The van der Waals surface area contributed by atoms with Crippen LogP contribution in [0.4, 0.5) is 11.4 Å². The fraction of sp³-hybridized carbons (Fsp3) is 0.435. The zero-order chi connectivity index (χ0) is 18.9. The molecule has 28 heavy (non-hydrogen) atoms. The van der Waals surface area contributed by atoms with Crippen molar-refractivity contribution < 1.29 is 9.53 Å². The number of morpholine rings is 1. The highest BCUT2D eigenvalue weighted by Crippen LogP contribution is 2.37. The van der Waals surface area contributed by atoms with E-state index in [-0.39, 0.29) is 12.0 Å². The average molecular weight is 377 g/mol. The van der Waals surface area contributed by atoms with Gasteiger partial charge in [-0.1, -0.05) is 36.4 Å². The molecule has 2 aromatic rings. The van der Waals surface area contributed by atoms with Crippen LogP contribution in [-0.2, 0) is 16.0 Å². The highest BCUT2D eigenvalue weighted by Gasteiger charge is 2.43. The molecule has 0 radical (unpaired) electrons. The Hall–Kier alpha value is -2.53. The number of ether oxygens (including phenoxy) is 1. The molecule has 3 heterocycles. The highest BCUT2D eigenvalue weighted by molar-refractivity contribution is 5.82. The Morgan fingerprint density at radius 2 is 1.64 bits per heavy atom. The molecule has 2 fully saturated rings. The van der Waals surface area contributed by atoms with Crippen molar-refractivity contribution in [3.63, 3.8) is 0 Å². The Morgan fingerprint density at radius 1 is 0.893 bits per heavy atom. The van der Waals surface area contributed by atoms with Crippen molar-refractivity contribution in [3.8, 4) is 0 Å². The van der Waals surface area contributed by atoms with Crippen LogP contribution >= 0.6 is 0 Å². The van der Waals surface area contributed by atoms with Crippen LogP contribution in [0.3, 0.4) is 0 Å². The quantitative estimate of drug-likeness (QED) is 0.805. The molecule has 5 heteroatoms. The van der Waals surface area contributed by atoms with Crippen LogP contribution in [0.1, 0.15) is 5.56 Å². The van der Waals surface area contributed by atoms with Gasteiger partial charge in [0.1, 0.15) is 0 Å². The zero-order valence-electron chi connectivity index (χ0n) is 16.2. The van der Waals surface area contributed by atoms with Gasteiger partial charge in [0.25, 0.3) is 0 Å². The minimum atomic E-state index is -0.000452. The molecule has 0 saturated carbocycles. The lowest BCUT2D eigenvalue weighted by Gasteiger charge is -2.50. The molecule has 1 amide bonds. The number of amides is 1. The maximum Gasteiger partial charge on any atom is 0.228 e. The lowest BCUT2D eigenvalue weighted by Crippen LogP contribution is -2.62. The second-order valence-electron chi connectivity index (χ2n) is 7.92.